The highest BCUT2D eigenvalue weighted by Crippen LogP contribution is 2.25. The van der Waals surface area contributed by atoms with Gasteiger partial charge in [-0.15, -0.1) is 0 Å². The SMILES string of the molecule is O=C(C1CCN(C[C@@H]2CCOC2)CC1)N1CCc2ccccc2C1. The largest absolute Gasteiger partial charge is 0.381 e. The van der Waals surface area contributed by atoms with Crippen molar-refractivity contribution in [1.82, 2.24) is 9.80 Å². The van der Waals surface area contributed by atoms with E-state index >= 15 is 0 Å². The highest BCUT2D eigenvalue weighted by molar-refractivity contribution is 5.79. The van der Waals surface area contributed by atoms with Crippen LogP contribution < -0.4 is 0 Å². The highest BCUT2D eigenvalue weighted by Gasteiger charge is 2.31. The standard InChI is InChI=1S/C20H28N2O2/c23-20(22-11-7-17-3-1-2-4-19(17)14-22)18-5-9-21(10-6-18)13-16-8-12-24-15-16/h1-4,16,18H,5-15H2/t16-/m0/s1. The molecule has 0 N–H and O–H groups in total. The van der Waals surface area contributed by atoms with E-state index < -0.39 is 0 Å². The van der Waals surface area contributed by atoms with Gasteiger partial charge in [-0.1, -0.05) is 24.3 Å². The van der Waals surface area contributed by atoms with Gasteiger partial charge in [-0.25, -0.2) is 0 Å². The van der Waals surface area contributed by atoms with Crippen LogP contribution in [0.5, 0.6) is 0 Å². The third-order valence-electron chi connectivity index (χ3n) is 5.92. The zero-order valence-corrected chi connectivity index (χ0v) is 14.5. The van der Waals surface area contributed by atoms with Crippen molar-refractivity contribution < 1.29 is 9.53 Å². The number of ether oxygens (including phenoxy) is 1. The van der Waals surface area contributed by atoms with E-state index in [9.17, 15) is 4.79 Å². The van der Waals surface area contributed by atoms with E-state index in [1.807, 2.05) is 0 Å². The Kier molecular flexibility index (Phi) is 4.86. The molecule has 2 saturated heterocycles. The first kappa shape index (κ1) is 16.1. The molecule has 4 rings (SSSR count). The van der Waals surface area contributed by atoms with Crippen LogP contribution >= 0.6 is 0 Å². The predicted molar refractivity (Wildman–Crippen MR) is 93.7 cm³/mol. The summed E-state index contributed by atoms with van der Waals surface area (Å²) < 4.78 is 5.48. The van der Waals surface area contributed by atoms with Gasteiger partial charge in [0, 0.05) is 32.2 Å². The van der Waals surface area contributed by atoms with Crippen molar-refractivity contribution in [3.63, 3.8) is 0 Å². The molecule has 4 nitrogen and oxygen atoms in total. The minimum atomic E-state index is 0.228. The summed E-state index contributed by atoms with van der Waals surface area (Å²) in [6, 6.07) is 8.54. The molecule has 24 heavy (non-hydrogen) atoms. The van der Waals surface area contributed by atoms with Crippen molar-refractivity contribution in [2.24, 2.45) is 11.8 Å². The quantitative estimate of drug-likeness (QED) is 0.854. The van der Waals surface area contributed by atoms with Gasteiger partial charge in [0.1, 0.15) is 0 Å². The maximum atomic E-state index is 12.9. The van der Waals surface area contributed by atoms with Gasteiger partial charge in [-0.3, -0.25) is 4.79 Å². The Hall–Kier alpha value is -1.39. The lowest BCUT2D eigenvalue weighted by atomic mass is 9.92. The number of benzene rings is 1. The van der Waals surface area contributed by atoms with Crippen LogP contribution in [0.4, 0.5) is 0 Å². The molecular weight excluding hydrogens is 300 g/mol. The van der Waals surface area contributed by atoms with Gasteiger partial charge in [0.15, 0.2) is 0 Å². The molecule has 0 unspecified atom stereocenters. The zero-order chi connectivity index (χ0) is 16.4. The Morgan fingerprint density at radius 3 is 2.62 bits per heavy atom. The Morgan fingerprint density at radius 1 is 1.08 bits per heavy atom. The van der Waals surface area contributed by atoms with Crippen LogP contribution in [0.2, 0.25) is 0 Å². The van der Waals surface area contributed by atoms with Crippen LogP contribution in [0.3, 0.4) is 0 Å². The first-order valence-corrected chi connectivity index (χ1v) is 9.45. The second-order valence-corrected chi connectivity index (χ2v) is 7.58. The third kappa shape index (κ3) is 3.50. The van der Waals surface area contributed by atoms with Crippen LogP contribution in [0.15, 0.2) is 24.3 Å². The molecule has 0 bridgehead atoms. The molecule has 0 saturated carbocycles. The van der Waals surface area contributed by atoms with Crippen LogP contribution in [0.25, 0.3) is 0 Å². The van der Waals surface area contributed by atoms with Crippen molar-refractivity contribution in [2.75, 3.05) is 39.4 Å². The molecule has 3 aliphatic rings. The Morgan fingerprint density at radius 2 is 1.88 bits per heavy atom. The van der Waals surface area contributed by atoms with Gasteiger partial charge in [0.05, 0.1) is 6.61 Å². The molecule has 0 spiro atoms. The summed E-state index contributed by atoms with van der Waals surface area (Å²) in [6.45, 7) is 6.82. The summed E-state index contributed by atoms with van der Waals surface area (Å²) in [6.07, 6.45) is 4.24. The highest BCUT2D eigenvalue weighted by atomic mass is 16.5. The predicted octanol–water partition coefficient (Wildman–Crippen LogP) is 2.32. The second kappa shape index (κ2) is 7.24. The molecule has 3 aliphatic heterocycles. The number of rotatable bonds is 3. The van der Waals surface area contributed by atoms with Gasteiger partial charge < -0.3 is 14.5 Å². The number of fused-ring (bicyclic) bond motifs is 1. The number of piperidine rings is 1. The van der Waals surface area contributed by atoms with E-state index in [-0.39, 0.29) is 5.92 Å². The van der Waals surface area contributed by atoms with Gasteiger partial charge in [-0.05, 0) is 55.8 Å². The van der Waals surface area contributed by atoms with E-state index in [0.29, 0.717) is 11.8 Å². The first-order valence-electron chi connectivity index (χ1n) is 9.45. The topological polar surface area (TPSA) is 32.8 Å². The molecule has 2 fully saturated rings. The second-order valence-electron chi connectivity index (χ2n) is 7.58. The summed E-state index contributed by atoms with van der Waals surface area (Å²) in [7, 11) is 0. The Balaban J connectivity index is 1.29. The molecule has 1 amide bonds. The third-order valence-corrected chi connectivity index (χ3v) is 5.92. The number of amides is 1. The fraction of sp³-hybridized carbons (Fsp3) is 0.650. The summed E-state index contributed by atoms with van der Waals surface area (Å²) >= 11 is 0. The average Bonchev–Trinajstić information content (AvgIpc) is 3.14. The Bertz CT molecular complexity index is 575. The van der Waals surface area contributed by atoms with E-state index in [4.69, 9.17) is 4.74 Å². The molecule has 0 radical (unpaired) electrons. The van der Waals surface area contributed by atoms with Gasteiger partial charge in [0.2, 0.25) is 5.91 Å². The molecule has 3 heterocycles. The lowest BCUT2D eigenvalue weighted by Gasteiger charge is -2.36. The van der Waals surface area contributed by atoms with E-state index in [1.54, 1.807) is 0 Å². The number of hydrogen-bond donors (Lipinski definition) is 0. The lowest BCUT2D eigenvalue weighted by molar-refractivity contribution is -0.138. The molecule has 0 aliphatic carbocycles. The summed E-state index contributed by atoms with van der Waals surface area (Å²) in [5.41, 5.74) is 2.74. The van der Waals surface area contributed by atoms with E-state index in [2.05, 4.69) is 34.1 Å². The fourth-order valence-electron chi connectivity index (χ4n) is 4.40. The average molecular weight is 328 g/mol. The van der Waals surface area contributed by atoms with Crippen LogP contribution in [0, 0.1) is 11.8 Å². The molecule has 1 aromatic carbocycles. The van der Waals surface area contributed by atoms with Crippen molar-refractivity contribution in [2.45, 2.75) is 32.2 Å². The lowest BCUT2D eigenvalue weighted by Crippen LogP contribution is -2.45. The molecule has 1 atom stereocenters. The summed E-state index contributed by atoms with van der Waals surface area (Å²) in [4.78, 5) is 17.5. The van der Waals surface area contributed by atoms with Crippen LogP contribution in [-0.4, -0.2) is 55.1 Å². The van der Waals surface area contributed by atoms with E-state index in [0.717, 1.165) is 65.2 Å². The zero-order valence-electron chi connectivity index (χ0n) is 14.5. The monoisotopic (exact) mass is 328 g/mol. The Labute approximate surface area is 144 Å². The maximum Gasteiger partial charge on any atom is 0.226 e. The number of hydrogen-bond acceptors (Lipinski definition) is 3. The fourth-order valence-corrected chi connectivity index (χ4v) is 4.40. The van der Waals surface area contributed by atoms with Crippen molar-refractivity contribution in [3.05, 3.63) is 35.4 Å². The number of nitrogens with zero attached hydrogens (tertiary/aromatic N) is 2. The molecule has 130 valence electrons. The van der Waals surface area contributed by atoms with Gasteiger partial charge in [0.25, 0.3) is 0 Å². The van der Waals surface area contributed by atoms with Crippen molar-refractivity contribution in [3.8, 4) is 0 Å². The maximum absolute atomic E-state index is 12.9. The van der Waals surface area contributed by atoms with Crippen LogP contribution in [0.1, 0.15) is 30.4 Å². The molecular formula is C20H28N2O2. The normalized spacial score (nSPS) is 25.7. The molecule has 0 aromatic heterocycles. The van der Waals surface area contributed by atoms with Crippen molar-refractivity contribution >= 4 is 5.91 Å². The van der Waals surface area contributed by atoms with E-state index in [1.165, 1.54) is 17.5 Å². The number of carbonyl (C=O) groups is 1. The molecule has 4 heteroatoms. The summed E-state index contributed by atoms with van der Waals surface area (Å²) in [5.74, 6) is 1.32. The van der Waals surface area contributed by atoms with Gasteiger partial charge >= 0.3 is 0 Å². The summed E-state index contributed by atoms with van der Waals surface area (Å²) in [5, 5.41) is 0. The minimum Gasteiger partial charge on any atom is -0.381 e. The first-order chi connectivity index (χ1) is 11.8. The smallest absolute Gasteiger partial charge is 0.226 e. The van der Waals surface area contributed by atoms with Crippen molar-refractivity contribution in [1.29, 1.82) is 0 Å². The molecule has 1 aromatic rings. The minimum absolute atomic E-state index is 0.228. The van der Waals surface area contributed by atoms with Gasteiger partial charge in [-0.2, -0.15) is 0 Å². The number of carbonyl (C=O) groups excluding carboxylic acids is 1. The number of likely N-dealkylation sites (tertiary alicyclic amines) is 1. The van der Waals surface area contributed by atoms with Crippen LogP contribution in [-0.2, 0) is 22.5 Å².